The SMILES string of the molecule is NCC1(COc2cncc(-c3cccc(Cl)c3)c2)CC1. The Morgan fingerprint density at radius 2 is 2.05 bits per heavy atom. The molecule has 1 aromatic carbocycles. The van der Waals surface area contributed by atoms with E-state index in [2.05, 4.69) is 4.98 Å². The molecule has 3 rings (SSSR count). The van der Waals surface area contributed by atoms with Gasteiger partial charge in [0.15, 0.2) is 0 Å². The van der Waals surface area contributed by atoms with Gasteiger partial charge in [0.05, 0.1) is 12.8 Å². The van der Waals surface area contributed by atoms with Gasteiger partial charge in [-0.25, -0.2) is 0 Å². The molecule has 0 bridgehead atoms. The second kappa shape index (κ2) is 5.43. The monoisotopic (exact) mass is 288 g/mol. The summed E-state index contributed by atoms with van der Waals surface area (Å²) in [4.78, 5) is 4.24. The Balaban J connectivity index is 1.76. The van der Waals surface area contributed by atoms with Crippen LogP contribution in [-0.4, -0.2) is 18.1 Å². The van der Waals surface area contributed by atoms with Crippen LogP contribution in [0.5, 0.6) is 5.75 Å². The van der Waals surface area contributed by atoms with Crippen molar-refractivity contribution in [3.05, 3.63) is 47.7 Å². The number of ether oxygens (including phenoxy) is 1. The van der Waals surface area contributed by atoms with Gasteiger partial charge in [-0.2, -0.15) is 0 Å². The maximum Gasteiger partial charge on any atom is 0.138 e. The van der Waals surface area contributed by atoms with E-state index >= 15 is 0 Å². The molecule has 0 amide bonds. The van der Waals surface area contributed by atoms with Crippen molar-refractivity contribution in [1.82, 2.24) is 4.98 Å². The highest BCUT2D eigenvalue weighted by atomic mass is 35.5. The normalized spacial score (nSPS) is 15.9. The van der Waals surface area contributed by atoms with E-state index in [9.17, 15) is 0 Å². The molecule has 2 N–H and O–H groups in total. The predicted octanol–water partition coefficient (Wildman–Crippen LogP) is 3.52. The van der Waals surface area contributed by atoms with E-state index in [-0.39, 0.29) is 5.41 Å². The first-order valence-corrected chi connectivity index (χ1v) is 7.12. The molecular weight excluding hydrogens is 272 g/mol. The Labute approximate surface area is 123 Å². The van der Waals surface area contributed by atoms with Crippen LogP contribution in [0, 0.1) is 5.41 Å². The third-order valence-electron chi connectivity index (χ3n) is 3.81. The first-order valence-electron chi connectivity index (χ1n) is 6.75. The van der Waals surface area contributed by atoms with E-state index in [4.69, 9.17) is 22.1 Å². The maximum absolute atomic E-state index is 6.02. The Hall–Kier alpha value is -1.58. The molecule has 1 saturated carbocycles. The number of nitrogens with zero attached hydrogens (tertiary/aromatic N) is 1. The average Bonchev–Trinajstić information content (AvgIpc) is 3.26. The molecule has 4 heteroatoms. The molecule has 0 atom stereocenters. The summed E-state index contributed by atoms with van der Waals surface area (Å²) in [7, 11) is 0. The van der Waals surface area contributed by atoms with Crippen LogP contribution in [0.15, 0.2) is 42.7 Å². The number of halogens is 1. The number of hydrogen-bond donors (Lipinski definition) is 1. The van der Waals surface area contributed by atoms with Crippen molar-refractivity contribution in [2.24, 2.45) is 11.1 Å². The molecule has 3 nitrogen and oxygen atoms in total. The van der Waals surface area contributed by atoms with Crippen LogP contribution < -0.4 is 10.5 Å². The van der Waals surface area contributed by atoms with Crippen LogP contribution in [-0.2, 0) is 0 Å². The zero-order valence-corrected chi connectivity index (χ0v) is 11.9. The second-order valence-corrected chi connectivity index (χ2v) is 5.85. The van der Waals surface area contributed by atoms with Crippen molar-refractivity contribution >= 4 is 11.6 Å². The molecule has 1 aromatic heterocycles. The maximum atomic E-state index is 6.02. The summed E-state index contributed by atoms with van der Waals surface area (Å²) in [5.41, 5.74) is 8.00. The van der Waals surface area contributed by atoms with E-state index in [0.717, 1.165) is 29.7 Å². The fourth-order valence-corrected chi connectivity index (χ4v) is 2.33. The van der Waals surface area contributed by atoms with Gasteiger partial charge in [0.1, 0.15) is 5.75 Å². The van der Waals surface area contributed by atoms with E-state index in [1.165, 1.54) is 0 Å². The first-order chi connectivity index (χ1) is 9.71. The minimum absolute atomic E-state index is 0.200. The van der Waals surface area contributed by atoms with Gasteiger partial charge in [-0.3, -0.25) is 4.98 Å². The van der Waals surface area contributed by atoms with Crippen molar-refractivity contribution in [1.29, 1.82) is 0 Å². The van der Waals surface area contributed by atoms with Crippen LogP contribution in [0.4, 0.5) is 0 Å². The average molecular weight is 289 g/mol. The standard InChI is InChI=1S/C16H17ClN2O/c17-14-3-1-2-12(6-14)13-7-15(9-19-8-13)20-11-16(10-18)4-5-16/h1-3,6-9H,4-5,10-11,18H2. The highest BCUT2D eigenvalue weighted by molar-refractivity contribution is 6.30. The molecule has 0 saturated heterocycles. The van der Waals surface area contributed by atoms with Crippen LogP contribution in [0.1, 0.15) is 12.8 Å². The zero-order valence-electron chi connectivity index (χ0n) is 11.2. The molecule has 1 aliphatic rings. The molecule has 20 heavy (non-hydrogen) atoms. The molecule has 0 radical (unpaired) electrons. The smallest absolute Gasteiger partial charge is 0.138 e. The zero-order chi connectivity index (χ0) is 14.0. The number of hydrogen-bond acceptors (Lipinski definition) is 3. The number of nitrogens with two attached hydrogens (primary N) is 1. The van der Waals surface area contributed by atoms with Crippen LogP contribution in [0.3, 0.4) is 0 Å². The van der Waals surface area contributed by atoms with Crippen molar-refractivity contribution in [3.63, 3.8) is 0 Å². The predicted molar refractivity (Wildman–Crippen MR) is 80.9 cm³/mol. The molecule has 0 unspecified atom stereocenters. The third kappa shape index (κ3) is 2.94. The van der Waals surface area contributed by atoms with Gasteiger partial charge in [0, 0.05) is 28.7 Å². The highest BCUT2D eigenvalue weighted by Gasteiger charge is 2.42. The Bertz CT molecular complexity index is 611. The summed E-state index contributed by atoms with van der Waals surface area (Å²) in [6.45, 7) is 1.36. The first kappa shape index (κ1) is 13.4. The minimum Gasteiger partial charge on any atom is -0.491 e. The number of rotatable bonds is 5. The van der Waals surface area contributed by atoms with Crippen LogP contribution in [0.25, 0.3) is 11.1 Å². The van der Waals surface area contributed by atoms with Crippen LogP contribution in [0.2, 0.25) is 5.02 Å². The van der Waals surface area contributed by atoms with Crippen molar-refractivity contribution < 1.29 is 4.74 Å². The number of pyridine rings is 1. The fourth-order valence-electron chi connectivity index (χ4n) is 2.14. The minimum atomic E-state index is 0.200. The molecule has 104 valence electrons. The molecule has 1 heterocycles. The van der Waals surface area contributed by atoms with Crippen molar-refractivity contribution in [2.45, 2.75) is 12.8 Å². The Morgan fingerprint density at radius 3 is 2.75 bits per heavy atom. The number of benzene rings is 1. The molecule has 0 aliphatic heterocycles. The van der Waals surface area contributed by atoms with Crippen molar-refractivity contribution in [2.75, 3.05) is 13.2 Å². The number of aromatic nitrogens is 1. The highest BCUT2D eigenvalue weighted by Crippen LogP contribution is 2.44. The molecule has 1 fully saturated rings. The summed E-state index contributed by atoms with van der Waals surface area (Å²) in [6, 6.07) is 9.71. The molecule has 1 aliphatic carbocycles. The van der Waals surface area contributed by atoms with Gasteiger partial charge in [-0.15, -0.1) is 0 Å². The lowest BCUT2D eigenvalue weighted by atomic mass is 10.1. The molecular formula is C16H17ClN2O. The summed E-state index contributed by atoms with van der Waals surface area (Å²) in [6.07, 6.45) is 5.87. The molecule has 0 spiro atoms. The van der Waals surface area contributed by atoms with Crippen LogP contribution >= 0.6 is 11.6 Å². The van der Waals surface area contributed by atoms with Gasteiger partial charge in [0.25, 0.3) is 0 Å². The van der Waals surface area contributed by atoms with Crippen molar-refractivity contribution in [3.8, 4) is 16.9 Å². The summed E-state index contributed by atoms with van der Waals surface area (Å²) in [5, 5.41) is 0.717. The third-order valence-corrected chi connectivity index (χ3v) is 4.04. The van der Waals surface area contributed by atoms with E-state index < -0.39 is 0 Å². The van der Waals surface area contributed by atoms with E-state index in [1.807, 2.05) is 36.5 Å². The Morgan fingerprint density at radius 1 is 1.20 bits per heavy atom. The summed E-state index contributed by atoms with van der Waals surface area (Å²) < 4.78 is 5.84. The lowest BCUT2D eigenvalue weighted by Crippen LogP contribution is -2.22. The van der Waals surface area contributed by atoms with E-state index in [1.54, 1.807) is 6.20 Å². The van der Waals surface area contributed by atoms with Gasteiger partial charge in [0.2, 0.25) is 0 Å². The summed E-state index contributed by atoms with van der Waals surface area (Å²) in [5.74, 6) is 0.780. The topological polar surface area (TPSA) is 48.1 Å². The van der Waals surface area contributed by atoms with E-state index in [0.29, 0.717) is 18.2 Å². The van der Waals surface area contributed by atoms with Gasteiger partial charge in [-0.05, 0) is 36.6 Å². The van der Waals surface area contributed by atoms with Gasteiger partial charge < -0.3 is 10.5 Å². The lowest BCUT2D eigenvalue weighted by Gasteiger charge is -2.14. The molecule has 2 aromatic rings. The van der Waals surface area contributed by atoms with Gasteiger partial charge >= 0.3 is 0 Å². The largest absolute Gasteiger partial charge is 0.491 e. The fraction of sp³-hybridized carbons (Fsp3) is 0.312. The summed E-state index contributed by atoms with van der Waals surface area (Å²) >= 11 is 6.02. The van der Waals surface area contributed by atoms with Gasteiger partial charge in [-0.1, -0.05) is 23.7 Å². The Kier molecular flexibility index (Phi) is 3.64. The second-order valence-electron chi connectivity index (χ2n) is 5.41. The quantitative estimate of drug-likeness (QED) is 0.916. The lowest BCUT2D eigenvalue weighted by molar-refractivity contribution is 0.238.